The molecule has 0 heterocycles. The molecule has 2 amide bonds. The quantitative estimate of drug-likeness (QED) is 0.761. The summed E-state index contributed by atoms with van der Waals surface area (Å²) in [7, 11) is 0. The normalized spacial score (nSPS) is 10.1. The molecule has 0 fully saturated rings. The smallest absolute Gasteiger partial charge is 0.317 e. The maximum atomic E-state index is 12.0. The number of carbonyl (C=O) groups is 1. The summed E-state index contributed by atoms with van der Waals surface area (Å²) in [5.74, 6) is 0. The fourth-order valence-corrected chi connectivity index (χ4v) is 1.71. The van der Waals surface area contributed by atoms with Crippen LogP contribution in [0.1, 0.15) is 32.3 Å². The van der Waals surface area contributed by atoms with Crippen molar-refractivity contribution < 1.29 is 4.79 Å². The molecule has 0 aliphatic heterocycles. The number of amides is 2. The largest absolute Gasteiger partial charge is 0.399 e. The first kappa shape index (κ1) is 14.4. The van der Waals surface area contributed by atoms with Crippen LogP contribution in [0, 0.1) is 0 Å². The monoisotopic (exact) mass is 249 g/mol. The van der Waals surface area contributed by atoms with Crippen molar-refractivity contribution in [2.24, 2.45) is 0 Å². The van der Waals surface area contributed by atoms with E-state index in [2.05, 4.69) is 12.2 Å². The SMILES string of the molecule is CCCNC(=O)N(CCC)Cc1ccc(N)cc1. The van der Waals surface area contributed by atoms with Crippen molar-refractivity contribution in [3.63, 3.8) is 0 Å². The summed E-state index contributed by atoms with van der Waals surface area (Å²) in [6, 6.07) is 7.67. The Morgan fingerprint density at radius 1 is 1.22 bits per heavy atom. The summed E-state index contributed by atoms with van der Waals surface area (Å²) in [5, 5.41) is 2.91. The van der Waals surface area contributed by atoms with Gasteiger partial charge in [-0.2, -0.15) is 0 Å². The van der Waals surface area contributed by atoms with Crippen LogP contribution in [-0.4, -0.2) is 24.0 Å². The Bertz CT molecular complexity index is 362. The van der Waals surface area contributed by atoms with Crippen molar-refractivity contribution in [2.75, 3.05) is 18.8 Å². The molecule has 0 aliphatic carbocycles. The molecule has 1 rings (SSSR count). The van der Waals surface area contributed by atoms with Gasteiger partial charge < -0.3 is 16.0 Å². The molecule has 1 aromatic carbocycles. The Morgan fingerprint density at radius 2 is 1.89 bits per heavy atom. The number of rotatable bonds is 6. The molecule has 100 valence electrons. The summed E-state index contributed by atoms with van der Waals surface area (Å²) in [4.78, 5) is 13.8. The number of benzene rings is 1. The molecular formula is C14H23N3O. The Balaban J connectivity index is 2.61. The second-order valence-corrected chi connectivity index (χ2v) is 4.40. The topological polar surface area (TPSA) is 58.4 Å². The predicted molar refractivity (Wildman–Crippen MR) is 75.2 cm³/mol. The van der Waals surface area contributed by atoms with Crippen molar-refractivity contribution in [3.05, 3.63) is 29.8 Å². The van der Waals surface area contributed by atoms with Gasteiger partial charge in [0.2, 0.25) is 0 Å². The van der Waals surface area contributed by atoms with Crippen LogP contribution in [0.15, 0.2) is 24.3 Å². The number of nitrogen functional groups attached to an aromatic ring is 1. The molecule has 0 aromatic heterocycles. The highest BCUT2D eigenvalue weighted by molar-refractivity contribution is 5.74. The molecule has 0 saturated heterocycles. The number of urea groups is 1. The van der Waals surface area contributed by atoms with Gasteiger partial charge in [0, 0.05) is 25.3 Å². The minimum Gasteiger partial charge on any atom is -0.399 e. The van der Waals surface area contributed by atoms with Crippen LogP contribution in [0.25, 0.3) is 0 Å². The molecular weight excluding hydrogens is 226 g/mol. The Hall–Kier alpha value is -1.71. The van der Waals surface area contributed by atoms with Gasteiger partial charge in [-0.15, -0.1) is 0 Å². The fourth-order valence-electron chi connectivity index (χ4n) is 1.71. The van der Waals surface area contributed by atoms with Crippen molar-refractivity contribution in [2.45, 2.75) is 33.2 Å². The molecule has 18 heavy (non-hydrogen) atoms. The first-order valence-corrected chi connectivity index (χ1v) is 6.54. The van der Waals surface area contributed by atoms with Crippen molar-refractivity contribution in [3.8, 4) is 0 Å². The van der Waals surface area contributed by atoms with Gasteiger partial charge >= 0.3 is 6.03 Å². The lowest BCUT2D eigenvalue weighted by atomic mass is 10.2. The van der Waals surface area contributed by atoms with Crippen LogP contribution in [0.3, 0.4) is 0 Å². The molecule has 0 unspecified atom stereocenters. The molecule has 3 N–H and O–H groups in total. The molecule has 0 atom stereocenters. The molecule has 0 bridgehead atoms. The lowest BCUT2D eigenvalue weighted by Gasteiger charge is -2.22. The van der Waals surface area contributed by atoms with Gasteiger partial charge in [-0.3, -0.25) is 0 Å². The number of hydrogen-bond donors (Lipinski definition) is 2. The number of nitrogens with zero attached hydrogens (tertiary/aromatic N) is 1. The number of anilines is 1. The van der Waals surface area contributed by atoms with Crippen molar-refractivity contribution >= 4 is 11.7 Å². The highest BCUT2D eigenvalue weighted by Crippen LogP contribution is 2.09. The van der Waals surface area contributed by atoms with Crippen molar-refractivity contribution in [1.29, 1.82) is 0 Å². The standard InChI is InChI=1S/C14H23N3O/c1-3-9-16-14(18)17(10-4-2)11-12-5-7-13(15)8-6-12/h5-8H,3-4,9-11,15H2,1-2H3,(H,16,18). The minimum absolute atomic E-state index is 0.00975. The minimum atomic E-state index is 0.00975. The van der Waals surface area contributed by atoms with Crippen LogP contribution in [0.4, 0.5) is 10.5 Å². The van der Waals surface area contributed by atoms with E-state index in [0.29, 0.717) is 6.54 Å². The number of hydrogen-bond acceptors (Lipinski definition) is 2. The predicted octanol–water partition coefficient (Wildman–Crippen LogP) is 2.60. The van der Waals surface area contributed by atoms with E-state index in [4.69, 9.17) is 5.73 Å². The van der Waals surface area contributed by atoms with Crippen LogP contribution in [0.2, 0.25) is 0 Å². The van der Waals surface area contributed by atoms with Gasteiger partial charge in [-0.1, -0.05) is 26.0 Å². The zero-order chi connectivity index (χ0) is 13.4. The third kappa shape index (κ3) is 4.65. The second kappa shape index (κ2) is 7.58. The van der Waals surface area contributed by atoms with Crippen LogP contribution >= 0.6 is 0 Å². The Kier molecular flexibility index (Phi) is 6.05. The van der Waals surface area contributed by atoms with E-state index in [1.807, 2.05) is 36.1 Å². The van der Waals surface area contributed by atoms with E-state index < -0.39 is 0 Å². The summed E-state index contributed by atoms with van der Waals surface area (Å²) in [6.45, 7) is 6.23. The van der Waals surface area contributed by atoms with Gasteiger partial charge in [0.15, 0.2) is 0 Å². The summed E-state index contributed by atoms with van der Waals surface area (Å²) in [6.07, 6.45) is 1.90. The molecule has 1 aromatic rings. The van der Waals surface area contributed by atoms with Gasteiger partial charge in [-0.05, 0) is 30.5 Å². The Labute approximate surface area is 109 Å². The molecule has 0 aliphatic rings. The van der Waals surface area contributed by atoms with Gasteiger partial charge in [0.05, 0.1) is 0 Å². The molecule has 0 spiro atoms. The number of nitrogens with one attached hydrogen (secondary N) is 1. The molecule has 4 heteroatoms. The average molecular weight is 249 g/mol. The highest BCUT2D eigenvalue weighted by atomic mass is 16.2. The first-order valence-electron chi connectivity index (χ1n) is 6.54. The van der Waals surface area contributed by atoms with E-state index in [9.17, 15) is 4.79 Å². The zero-order valence-corrected chi connectivity index (χ0v) is 11.3. The second-order valence-electron chi connectivity index (χ2n) is 4.40. The maximum absolute atomic E-state index is 12.0. The molecule has 4 nitrogen and oxygen atoms in total. The van der Waals surface area contributed by atoms with Crippen LogP contribution in [-0.2, 0) is 6.54 Å². The highest BCUT2D eigenvalue weighted by Gasteiger charge is 2.11. The Morgan fingerprint density at radius 3 is 2.44 bits per heavy atom. The van der Waals surface area contributed by atoms with Crippen LogP contribution in [0.5, 0.6) is 0 Å². The van der Waals surface area contributed by atoms with Gasteiger partial charge in [-0.25, -0.2) is 4.79 Å². The summed E-state index contributed by atoms with van der Waals surface area (Å²) < 4.78 is 0. The number of nitrogens with two attached hydrogens (primary N) is 1. The van der Waals surface area contributed by atoms with Crippen LogP contribution < -0.4 is 11.1 Å². The third-order valence-electron chi connectivity index (χ3n) is 2.66. The fraction of sp³-hybridized carbons (Fsp3) is 0.500. The summed E-state index contributed by atoms with van der Waals surface area (Å²) >= 11 is 0. The van der Waals surface area contributed by atoms with E-state index >= 15 is 0 Å². The van der Waals surface area contributed by atoms with Gasteiger partial charge in [0.1, 0.15) is 0 Å². The summed E-state index contributed by atoms with van der Waals surface area (Å²) in [5.41, 5.74) is 7.50. The van der Waals surface area contributed by atoms with E-state index in [1.165, 1.54) is 0 Å². The van der Waals surface area contributed by atoms with E-state index in [1.54, 1.807) is 0 Å². The lowest BCUT2D eigenvalue weighted by molar-refractivity contribution is 0.195. The average Bonchev–Trinajstić information content (AvgIpc) is 2.38. The van der Waals surface area contributed by atoms with Gasteiger partial charge in [0.25, 0.3) is 0 Å². The van der Waals surface area contributed by atoms with Crippen molar-refractivity contribution in [1.82, 2.24) is 10.2 Å². The first-order chi connectivity index (χ1) is 8.67. The lowest BCUT2D eigenvalue weighted by Crippen LogP contribution is -2.40. The maximum Gasteiger partial charge on any atom is 0.317 e. The third-order valence-corrected chi connectivity index (χ3v) is 2.66. The zero-order valence-electron chi connectivity index (χ0n) is 11.3. The van der Waals surface area contributed by atoms with E-state index in [-0.39, 0.29) is 6.03 Å². The van der Waals surface area contributed by atoms with E-state index in [0.717, 1.165) is 37.2 Å². The molecule has 0 saturated carbocycles. The number of carbonyl (C=O) groups excluding carboxylic acids is 1. The molecule has 0 radical (unpaired) electrons.